The number of nitrogens with two attached hydrogens (primary N) is 1. The minimum absolute atomic E-state index is 0.0563. The van der Waals surface area contributed by atoms with E-state index in [0.717, 1.165) is 18.4 Å². The van der Waals surface area contributed by atoms with Crippen LogP contribution in [0.4, 0.5) is 4.79 Å². The number of amides is 2. The molecular formula is C12H16N2O3. The van der Waals surface area contributed by atoms with Crippen LogP contribution in [0, 0.1) is 0 Å². The molecule has 1 aliphatic rings. The highest BCUT2D eigenvalue weighted by molar-refractivity contribution is 5.72. The number of benzene rings is 1. The summed E-state index contributed by atoms with van der Waals surface area (Å²) in [6.07, 6.45) is 1.56. The Bertz CT molecular complexity index is 426. The minimum atomic E-state index is -0.390. The summed E-state index contributed by atoms with van der Waals surface area (Å²) < 4.78 is 0. The van der Waals surface area contributed by atoms with E-state index in [1.807, 2.05) is 0 Å². The van der Waals surface area contributed by atoms with Crippen molar-refractivity contribution in [3.63, 3.8) is 0 Å². The number of nitrogens with zero attached hydrogens (tertiary/aromatic N) is 1. The van der Waals surface area contributed by atoms with E-state index in [2.05, 4.69) is 0 Å². The highest BCUT2D eigenvalue weighted by Crippen LogP contribution is 2.35. The molecule has 1 heterocycles. The monoisotopic (exact) mass is 236 g/mol. The number of carbonyl (C=O) groups is 1. The predicted octanol–water partition coefficient (Wildman–Crippen LogP) is 1.36. The number of hydrogen-bond donors (Lipinski definition) is 3. The number of piperidine rings is 1. The SMILES string of the molecule is NC(=O)N1CCC(c2ccc(O)cc2O)CC1. The Morgan fingerprint density at radius 3 is 2.47 bits per heavy atom. The van der Waals surface area contributed by atoms with Crippen LogP contribution >= 0.6 is 0 Å². The summed E-state index contributed by atoms with van der Waals surface area (Å²) in [4.78, 5) is 12.6. The number of phenolic OH excluding ortho intramolecular Hbond substituents is 2. The molecule has 0 aromatic heterocycles. The third-order valence-electron chi connectivity index (χ3n) is 3.26. The van der Waals surface area contributed by atoms with E-state index in [-0.39, 0.29) is 17.4 Å². The molecular weight excluding hydrogens is 220 g/mol. The number of primary amides is 1. The second kappa shape index (κ2) is 4.53. The van der Waals surface area contributed by atoms with Crippen LogP contribution in [-0.2, 0) is 0 Å². The van der Waals surface area contributed by atoms with E-state index in [1.165, 1.54) is 6.07 Å². The van der Waals surface area contributed by atoms with Crippen LogP contribution in [-0.4, -0.2) is 34.2 Å². The third-order valence-corrected chi connectivity index (χ3v) is 3.26. The lowest BCUT2D eigenvalue weighted by Gasteiger charge is -2.31. The Kier molecular flexibility index (Phi) is 3.08. The maximum absolute atomic E-state index is 11.0. The maximum atomic E-state index is 11.0. The minimum Gasteiger partial charge on any atom is -0.508 e. The average molecular weight is 236 g/mol. The molecule has 0 spiro atoms. The Hall–Kier alpha value is -1.91. The summed E-state index contributed by atoms with van der Waals surface area (Å²) >= 11 is 0. The highest BCUT2D eigenvalue weighted by Gasteiger charge is 2.24. The van der Waals surface area contributed by atoms with Gasteiger partial charge in [-0.25, -0.2) is 4.79 Å². The van der Waals surface area contributed by atoms with Gasteiger partial charge in [0.05, 0.1) is 0 Å². The second-order valence-corrected chi connectivity index (χ2v) is 4.34. The van der Waals surface area contributed by atoms with Crippen molar-refractivity contribution in [2.75, 3.05) is 13.1 Å². The van der Waals surface area contributed by atoms with Gasteiger partial charge in [0.1, 0.15) is 11.5 Å². The molecule has 0 saturated carbocycles. The van der Waals surface area contributed by atoms with Gasteiger partial charge >= 0.3 is 6.03 Å². The van der Waals surface area contributed by atoms with E-state index in [1.54, 1.807) is 17.0 Å². The highest BCUT2D eigenvalue weighted by atomic mass is 16.3. The van der Waals surface area contributed by atoms with Crippen molar-refractivity contribution in [3.8, 4) is 11.5 Å². The molecule has 2 amide bonds. The van der Waals surface area contributed by atoms with Gasteiger partial charge < -0.3 is 20.8 Å². The number of urea groups is 1. The van der Waals surface area contributed by atoms with Crippen molar-refractivity contribution in [2.45, 2.75) is 18.8 Å². The fraction of sp³-hybridized carbons (Fsp3) is 0.417. The molecule has 1 saturated heterocycles. The summed E-state index contributed by atoms with van der Waals surface area (Å²) in [5.74, 6) is 0.384. The number of phenols is 2. The molecule has 17 heavy (non-hydrogen) atoms. The molecule has 1 aromatic rings. The van der Waals surface area contributed by atoms with Crippen LogP contribution in [0.3, 0.4) is 0 Å². The van der Waals surface area contributed by atoms with Crippen LogP contribution in [0.5, 0.6) is 11.5 Å². The lowest BCUT2D eigenvalue weighted by molar-refractivity contribution is 0.190. The Balaban J connectivity index is 2.08. The number of aromatic hydroxyl groups is 2. The maximum Gasteiger partial charge on any atom is 0.314 e. The molecule has 4 N–H and O–H groups in total. The fourth-order valence-corrected chi connectivity index (χ4v) is 2.29. The zero-order chi connectivity index (χ0) is 12.4. The predicted molar refractivity (Wildman–Crippen MR) is 62.9 cm³/mol. The van der Waals surface area contributed by atoms with E-state index in [4.69, 9.17) is 5.73 Å². The Morgan fingerprint density at radius 1 is 1.29 bits per heavy atom. The molecule has 1 fully saturated rings. The molecule has 1 aliphatic heterocycles. The smallest absolute Gasteiger partial charge is 0.314 e. The van der Waals surface area contributed by atoms with Gasteiger partial charge in [-0.3, -0.25) is 0 Å². The first-order valence-electron chi connectivity index (χ1n) is 5.64. The first-order valence-corrected chi connectivity index (χ1v) is 5.64. The van der Waals surface area contributed by atoms with Crippen molar-refractivity contribution in [3.05, 3.63) is 23.8 Å². The standard InChI is InChI=1S/C12H16N2O3/c13-12(17)14-5-3-8(4-6-14)10-2-1-9(15)7-11(10)16/h1-2,7-8,15-16H,3-6H2,(H2,13,17). The van der Waals surface area contributed by atoms with Crippen molar-refractivity contribution >= 4 is 6.03 Å². The average Bonchev–Trinajstić information content (AvgIpc) is 2.29. The lowest BCUT2D eigenvalue weighted by Crippen LogP contribution is -2.41. The molecule has 92 valence electrons. The summed E-state index contributed by atoms with van der Waals surface area (Å²) in [5, 5.41) is 19.0. The van der Waals surface area contributed by atoms with Crippen molar-refractivity contribution < 1.29 is 15.0 Å². The van der Waals surface area contributed by atoms with Crippen LogP contribution in [0.1, 0.15) is 24.3 Å². The van der Waals surface area contributed by atoms with Gasteiger partial charge in [-0.1, -0.05) is 6.07 Å². The summed E-state index contributed by atoms with van der Waals surface area (Å²) in [6, 6.07) is 4.25. The van der Waals surface area contributed by atoms with Gasteiger partial charge in [0.15, 0.2) is 0 Å². The third kappa shape index (κ3) is 2.43. The Morgan fingerprint density at radius 2 is 1.94 bits per heavy atom. The van der Waals surface area contributed by atoms with Gasteiger partial charge in [-0.2, -0.15) is 0 Å². The zero-order valence-electron chi connectivity index (χ0n) is 9.47. The van der Waals surface area contributed by atoms with Crippen LogP contribution in [0.2, 0.25) is 0 Å². The van der Waals surface area contributed by atoms with Crippen molar-refractivity contribution in [2.24, 2.45) is 5.73 Å². The first kappa shape index (κ1) is 11.6. The van der Waals surface area contributed by atoms with Gasteiger partial charge in [0.2, 0.25) is 0 Å². The number of carbonyl (C=O) groups excluding carboxylic acids is 1. The van der Waals surface area contributed by atoms with Gasteiger partial charge in [0, 0.05) is 19.2 Å². The lowest BCUT2D eigenvalue weighted by atomic mass is 9.89. The number of hydrogen-bond acceptors (Lipinski definition) is 3. The van der Waals surface area contributed by atoms with Gasteiger partial charge in [0.25, 0.3) is 0 Å². The molecule has 0 unspecified atom stereocenters. The van der Waals surface area contributed by atoms with Crippen molar-refractivity contribution in [1.82, 2.24) is 4.90 Å². The fourth-order valence-electron chi connectivity index (χ4n) is 2.29. The molecule has 0 aliphatic carbocycles. The molecule has 1 aromatic carbocycles. The first-order chi connectivity index (χ1) is 8.08. The van der Waals surface area contributed by atoms with Gasteiger partial charge in [-0.15, -0.1) is 0 Å². The van der Waals surface area contributed by atoms with E-state index in [0.29, 0.717) is 13.1 Å². The van der Waals surface area contributed by atoms with Crippen molar-refractivity contribution in [1.29, 1.82) is 0 Å². The quantitative estimate of drug-likeness (QED) is 0.688. The molecule has 0 radical (unpaired) electrons. The number of likely N-dealkylation sites (tertiary alicyclic amines) is 1. The number of rotatable bonds is 1. The van der Waals surface area contributed by atoms with Crippen LogP contribution < -0.4 is 5.73 Å². The van der Waals surface area contributed by atoms with E-state index in [9.17, 15) is 15.0 Å². The second-order valence-electron chi connectivity index (χ2n) is 4.34. The normalized spacial score (nSPS) is 17.1. The molecule has 0 atom stereocenters. The molecule has 5 nitrogen and oxygen atoms in total. The summed E-state index contributed by atoms with van der Waals surface area (Å²) in [7, 11) is 0. The molecule has 5 heteroatoms. The zero-order valence-corrected chi connectivity index (χ0v) is 9.47. The Labute approximate surface area is 99.5 Å². The summed E-state index contributed by atoms with van der Waals surface area (Å²) in [6.45, 7) is 1.22. The van der Waals surface area contributed by atoms with E-state index < -0.39 is 6.03 Å². The van der Waals surface area contributed by atoms with Crippen LogP contribution in [0.25, 0.3) is 0 Å². The molecule has 0 bridgehead atoms. The largest absolute Gasteiger partial charge is 0.508 e. The summed E-state index contributed by atoms with van der Waals surface area (Å²) in [5.41, 5.74) is 6.03. The topological polar surface area (TPSA) is 86.8 Å². The van der Waals surface area contributed by atoms with E-state index >= 15 is 0 Å². The van der Waals surface area contributed by atoms with Crippen LogP contribution in [0.15, 0.2) is 18.2 Å². The van der Waals surface area contributed by atoms with Gasteiger partial charge in [-0.05, 0) is 30.4 Å². The molecule has 2 rings (SSSR count).